The molecule has 116 valence electrons. The average molecular weight is 431 g/mol. The lowest BCUT2D eigenvalue weighted by Gasteiger charge is -2.12. The fourth-order valence-corrected chi connectivity index (χ4v) is 3.41. The first kappa shape index (κ1) is 16.9. The Bertz CT molecular complexity index is 672. The van der Waals surface area contributed by atoms with Crippen LogP contribution in [0.5, 0.6) is 11.5 Å². The van der Waals surface area contributed by atoms with E-state index in [4.69, 9.17) is 9.47 Å². The van der Waals surface area contributed by atoms with E-state index >= 15 is 0 Å². The first-order chi connectivity index (χ1) is 10.5. The number of hydrogen-bond donors (Lipinski definition) is 0. The summed E-state index contributed by atoms with van der Waals surface area (Å²) in [6.07, 6.45) is 3.33. The standard InChI is InChI=1S/C15H14INO4S/c1-4-5-21-13-10(16)6-9(7-11(13)20-3)8-12-14(18)17(2)15(19)22-12/h4,6-8H,1,5H2,2-3H3/b12-8+. The summed E-state index contributed by atoms with van der Waals surface area (Å²) < 4.78 is 11.8. The molecular weight excluding hydrogens is 417 g/mol. The Hall–Kier alpha value is -1.48. The van der Waals surface area contributed by atoms with Crippen LogP contribution in [-0.2, 0) is 4.79 Å². The highest BCUT2D eigenvalue weighted by atomic mass is 127. The van der Waals surface area contributed by atoms with Crippen LogP contribution < -0.4 is 9.47 Å². The summed E-state index contributed by atoms with van der Waals surface area (Å²) in [7, 11) is 3.02. The molecule has 0 atom stereocenters. The summed E-state index contributed by atoms with van der Waals surface area (Å²) in [5, 5.41) is -0.274. The smallest absolute Gasteiger partial charge is 0.293 e. The highest BCUT2D eigenvalue weighted by Gasteiger charge is 2.31. The molecule has 1 aliphatic rings. The summed E-state index contributed by atoms with van der Waals surface area (Å²) in [5.74, 6) is 0.899. The number of carbonyl (C=O) groups excluding carboxylic acids is 2. The number of imide groups is 1. The van der Waals surface area contributed by atoms with Gasteiger partial charge in [-0.15, -0.1) is 0 Å². The number of hydrogen-bond acceptors (Lipinski definition) is 5. The second-order valence-corrected chi connectivity index (χ2v) is 6.53. The number of halogens is 1. The normalized spacial score (nSPS) is 16.3. The number of nitrogens with zero attached hydrogens (tertiary/aromatic N) is 1. The maximum Gasteiger partial charge on any atom is 0.293 e. The lowest BCUT2D eigenvalue weighted by Crippen LogP contribution is -2.22. The van der Waals surface area contributed by atoms with Crippen molar-refractivity contribution in [1.82, 2.24) is 4.90 Å². The van der Waals surface area contributed by atoms with Gasteiger partial charge in [0.15, 0.2) is 11.5 Å². The van der Waals surface area contributed by atoms with Crippen molar-refractivity contribution in [3.05, 3.63) is 38.8 Å². The van der Waals surface area contributed by atoms with Crippen molar-refractivity contribution in [2.24, 2.45) is 0 Å². The van der Waals surface area contributed by atoms with Crippen LogP contribution in [0.2, 0.25) is 0 Å². The third kappa shape index (κ3) is 3.46. The molecule has 2 amide bonds. The van der Waals surface area contributed by atoms with E-state index in [1.807, 2.05) is 6.07 Å². The second-order valence-electron chi connectivity index (χ2n) is 4.37. The van der Waals surface area contributed by atoms with Crippen LogP contribution in [0.25, 0.3) is 6.08 Å². The van der Waals surface area contributed by atoms with Crippen molar-refractivity contribution in [2.45, 2.75) is 0 Å². The molecule has 0 spiro atoms. The number of rotatable bonds is 5. The maximum atomic E-state index is 11.9. The van der Waals surface area contributed by atoms with Crippen LogP contribution >= 0.6 is 34.4 Å². The van der Waals surface area contributed by atoms with Crippen molar-refractivity contribution < 1.29 is 19.1 Å². The van der Waals surface area contributed by atoms with Gasteiger partial charge < -0.3 is 9.47 Å². The van der Waals surface area contributed by atoms with Crippen LogP contribution in [0.3, 0.4) is 0 Å². The van der Waals surface area contributed by atoms with Gasteiger partial charge in [0.05, 0.1) is 15.6 Å². The number of likely N-dealkylation sites (N-methyl/N-ethyl adjacent to an activating group) is 1. The number of benzene rings is 1. The molecule has 1 heterocycles. The number of thioether (sulfide) groups is 1. The summed E-state index contributed by atoms with van der Waals surface area (Å²) in [5.41, 5.74) is 0.770. The minimum atomic E-state index is -0.295. The fourth-order valence-electron chi connectivity index (χ4n) is 1.80. The number of amides is 2. The summed E-state index contributed by atoms with van der Waals surface area (Å²) in [4.78, 5) is 24.9. The molecule has 1 aliphatic heterocycles. The molecule has 7 heteroatoms. The van der Waals surface area contributed by atoms with Crippen LogP contribution in [0.15, 0.2) is 29.7 Å². The van der Waals surface area contributed by atoms with E-state index in [1.165, 1.54) is 7.05 Å². The zero-order valence-corrected chi connectivity index (χ0v) is 15.1. The topological polar surface area (TPSA) is 55.8 Å². The number of carbonyl (C=O) groups is 2. The van der Waals surface area contributed by atoms with E-state index < -0.39 is 0 Å². The predicted molar refractivity (Wildman–Crippen MR) is 95.1 cm³/mol. The van der Waals surface area contributed by atoms with Crippen LogP contribution in [0, 0.1) is 3.57 Å². The van der Waals surface area contributed by atoms with Gasteiger partial charge in [-0.2, -0.15) is 0 Å². The van der Waals surface area contributed by atoms with Gasteiger partial charge in [-0.3, -0.25) is 14.5 Å². The monoisotopic (exact) mass is 431 g/mol. The first-order valence-corrected chi connectivity index (χ1v) is 8.20. The predicted octanol–water partition coefficient (Wildman–Crippen LogP) is 3.53. The van der Waals surface area contributed by atoms with E-state index in [0.29, 0.717) is 23.0 Å². The highest BCUT2D eigenvalue weighted by molar-refractivity contribution is 14.1. The molecule has 0 aliphatic carbocycles. The Morgan fingerprint density at radius 3 is 2.68 bits per heavy atom. The van der Waals surface area contributed by atoms with E-state index in [2.05, 4.69) is 29.2 Å². The zero-order valence-electron chi connectivity index (χ0n) is 12.1. The number of methoxy groups -OCH3 is 1. The fraction of sp³-hybridized carbons (Fsp3) is 0.200. The quantitative estimate of drug-likeness (QED) is 0.406. The summed E-state index contributed by atoms with van der Waals surface area (Å²) in [6, 6.07) is 3.63. The van der Waals surface area contributed by atoms with Gasteiger partial charge in [0, 0.05) is 7.05 Å². The summed E-state index contributed by atoms with van der Waals surface area (Å²) in [6.45, 7) is 3.99. The van der Waals surface area contributed by atoms with E-state index in [-0.39, 0.29) is 11.1 Å². The molecule has 22 heavy (non-hydrogen) atoms. The van der Waals surface area contributed by atoms with Gasteiger partial charge in [-0.05, 0) is 58.1 Å². The van der Waals surface area contributed by atoms with E-state index in [9.17, 15) is 9.59 Å². The summed E-state index contributed by atoms with van der Waals surface area (Å²) >= 11 is 3.06. The molecule has 1 fully saturated rings. The third-order valence-electron chi connectivity index (χ3n) is 2.88. The Labute approximate surface area is 146 Å². The molecule has 0 aromatic heterocycles. The van der Waals surface area contributed by atoms with E-state index in [0.717, 1.165) is 25.8 Å². The van der Waals surface area contributed by atoms with Crippen molar-refractivity contribution in [2.75, 3.05) is 20.8 Å². The highest BCUT2D eigenvalue weighted by Crippen LogP contribution is 2.36. The van der Waals surface area contributed by atoms with Crippen molar-refractivity contribution in [3.63, 3.8) is 0 Å². The third-order valence-corrected chi connectivity index (χ3v) is 4.64. The Morgan fingerprint density at radius 2 is 2.14 bits per heavy atom. The molecular formula is C15H14INO4S. The Kier molecular flexibility index (Phi) is 5.52. The molecule has 5 nitrogen and oxygen atoms in total. The van der Waals surface area contributed by atoms with Gasteiger partial charge in [0.2, 0.25) is 0 Å². The average Bonchev–Trinajstić information content (AvgIpc) is 2.73. The van der Waals surface area contributed by atoms with Gasteiger partial charge >= 0.3 is 0 Å². The zero-order chi connectivity index (χ0) is 16.3. The lowest BCUT2D eigenvalue weighted by atomic mass is 10.2. The Morgan fingerprint density at radius 1 is 1.41 bits per heavy atom. The second kappa shape index (κ2) is 7.19. The van der Waals surface area contributed by atoms with Crippen molar-refractivity contribution in [1.29, 1.82) is 0 Å². The molecule has 0 saturated carbocycles. The minimum Gasteiger partial charge on any atom is -0.493 e. The molecule has 2 rings (SSSR count). The maximum absolute atomic E-state index is 11.9. The van der Waals surface area contributed by atoms with Gasteiger partial charge in [-0.1, -0.05) is 12.7 Å². The first-order valence-electron chi connectivity index (χ1n) is 6.30. The molecule has 1 aromatic carbocycles. The molecule has 0 N–H and O–H groups in total. The molecule has 0 radical (unpaired) electrons. The van der Waals surface area contributed by atoms with Gasteiger partial charge in [0.1, 0.15) is 6.61 Å². The van der Waals surface area contributed by atoms with Crippen LogP contribution in [0.1, 0.15) is 5.56 Å². The lowest BCUT2D eigenvalue weighted by molar-refractivity contribution is -0.121. The van der Waals surface area contributed by atoms with Crippen molar-refractivity contribution >= 4 is 51.6 Å². The van der Waals surface area contributed by atoms with Gasteiger partial charge in [0.25, 0.3) is 11.1 Å². The van der Waals surface area contributed by atoms with Crippen molar-refractivity contribution in [3.8, 4) is 11.5 Å². The molecule has 0 bridgehead atoms. The molecule has 0 unspecified atom stereocenters. The SMILES string of the molecule is C=CCOc1c(I)cc(/C=C2/SC(=O)N(C)C2=O)cc1OC. The van der Waals surface area contributed by atoms with E-state index in [1.54, 1.807) is 25.3 Å². The molecule has 1 saturated heterocycles. The largest absolute Gasteiger partial charge is 0.493 e. The van der Waals surface area contributed by atoms with Gasteiger partial charge in [-0.25, -0.2) is 0 Å². The minimum absolute atomic E-state index is 0.274. The number of ether oxygens (including phenoxy) is 2. The van der Waals surface area contributed by atoms with Crippen LogP contribution in [0.4, 0.5) is 4.79 Å². The Balaban J connectivity index is 2.37. The van der Waals surface area contributed by atoms with Crippen LogP contribution in [-0.4, -0.2) is 36.8 Å². The molecule has 1 aromatic rings.